The molecule has 0 unspecified atom stereocenters. The van der Waals surface area contributed by atoms with Crippen molar-refractivity contribution in [3.63, 3.8) is 0 Å². The lowest BCUT2D eigenvalue weighted by atomic mass is 9.94. The summed E-state index contributed by atoms with van der Waals surface area (Å²) in [5.41, 5.74) is 6.15. The number of nitrogens with one attached hydrogen (secondary N) is 1. The van der Waals surface area contributed by atoms with Gasteiger partial charge in [-0.1, -0.05) is 17.7 Å². The molecular weight excluding hydrogens is 268 g/mol. The first-order valence-corrected chi connectivity index (χ1v) is 7.19. The molecule has 0 atom stereocenters. The predicted molar refractivity (Wildman–Crippen MR) is 83.0 cm³/mol. The van der Waals surface area contributed by atoms with Crippen molar-refractivity contribution in [2.75, 3.05) is 5.32 Å². The second kappa shape index (κ2) is 5.48. The summed E-state index contributed by atoms with van der Waals surface area (Å²) in [5.74, 6) is -0.163. The quantitative estimate of drug-likeness (QED) is 0.899. The Morgan fingerprint density at radius 1 is 1.25 bits per heavy atom. The van der Waals surface area contributed by atoms with Gasteiger partial charge in [0.1, 0.15) is 10.9 Å². The molecule has 0 spiro atoms. The normalized spacial score (nSPS) is 10.2. The number of rotatable bonds is 2. The van der Waals surface area contributed by atoms with Crippen LogP contribution in [0.25, 0.3) is 11.1 Å². The molecule has 0 radical (unpaired) electrons. The molecule has 1 heterocycles. The summed E-state index contributed by atoms with van der Waals surface area (Å²) >= 11 is 1.36. The van der Waals surface area contributed by atoms with E-state index in [9.17, 15) is 10.1 Å². The minimum absolute atomic E-state index is 0.163. The van der Waals surface area contributed by atoms with Crippen LogP contribution in [0, 0.1) is 32.1 Å². The van der Waals surface area contributed by atoms with Gasteiger partial charge in [-0.2, -0.15) is 5.26 Å². The van der Waals surface area contributed by atoms with Gasteiger partial charge in [-0.15, -0.1) is 11.3 Å². The Morgan fingerprint density at radius 2 is 1.85 bits per heavy atom. The Balaban J connectivity index is 2.68. The van der Waals surface area contributed by atoms with E-state index in [1.165, 1.54) is 23.8 Å². The van der Waals surface area contributed by atoms with E-state index in [1.54, 1.807) is 0 Å². The molecule has 0 aliphatic heterocycles. The summed E-state index contributed by atoms with van der Waals surface area (Å²) < 4.78 is 0. The van der Waals surface area contributed by atoms with Crippen molar-refractivity contribution in [1.29, 1.82) is 5.26 Å². The van der Waals surface area contributed by atoms with E-state index in [1.807, 2.05) is 5.38 Å². The smallest absolute Gasteiger partial charge is 0.221 e. The highest BCUT2D eigenvalue weighted by Crippen LogP contribution is 2.39. The Morgan fingerprint density at radius 3 is 2.35 bits per heavy atom. The van der Waals surface area contributed by atoms with Gasteiger partial charge in [-0.3, -0.25) is 4.79 Å². The van der Waals surface area contributed by atoms with Crippen molar-refractivity contribution >= 4 is 22.9 Å². The van der Waals surface area contributed by atoms with Crippen molar-refractivity contribution in [1.82, 2.24) is 0 Å². The first kappa shape index (κ1) is 14.3. The van der Waals surface area contributed by atoms with Crippen LogP contribution in [0.1, 0.15) is 28.5 Å². The van der Waals surface area contributed by atoms with Crippen LogP contribution in [0.15, 0.2) is 17.5 Å². The SMILES string of the molecule is CC(=O)Nc1c(-c2c(C)cc(C)cc2C)csc1C#N. The maximum Gasteiger partial charge on any atom is 0.221 e. The molecule has 0 aliphatic carbocycles. The monoisotopic (exact) mass is 284 g/mol. The van der Waals surface area contributed by atoms with Gasteiger partial charge < -0.3 is 5.32 Å². The molecule has 102 valence electrons. The van der Waals surface area contributed by atoms with E-state index in [2.05, 4.69) is 44.3 Å². The highest BCUT2D eigenvalue weighted by Gasteiger charge is 2.17. The Kier molecular flexibility index (Phi) is 3.91. The van der Waals surface area contributed by atoms with E-state index in [4.69, 9.17) is 0 Å². The summed E-state index contributed by atoms with van der Waals surface area (Å²) in [6, 6.07) is 6.37. The summed E-state index contributed by atoms with van der Waals surface area (Å²) in [4.78, 5) is 11.9. The van der Waals surface area contributed by atoms with Gasteiger partial charge >= 0.3 is 0 Å². The summed E-state index contributed by atoms with van der Waals surface area (Å²) in [6.07, 6.45) is 0. The molecule has 0 bridgehead atoms. The van der Waals surface area contributed by atoms with Crippen molar-refractivity contribution in [3.05, 3.63) is 39.1 Å². The van der Waals surface area contributed by atoms with Gasteiger partial charge in [0.15, 0.2) is 0 Å². The number of benzene rings is 1. The maximum atomic E-state index is 11.4. The molecule has 0 saturated heterocycles. The van der Waals surface area contributed by atoms with Gasteiger partial charge in [0, 0.05) is 17.9 Å². The van der Waals surface area contributed by atoms with E-state index < -0.39 is 0 Å². The second-order valence-electron chi connectivity index (χ2n) is 4.92. The highest BCUT2D eigenvalue weighted by molar-refractivity contribution is 7.11. The molecule has 1 aromatic heterocycles. The molecule has 1 N–H and O–H groups in total. The molecule has 2 rings (SSSR count). The van der Waals surface area contributed by atoms with Gasteiger partial charge in [0.25, 0.3) is 0 Å². The minimum Gasteiger partial charge on any atom is -0.324 e. The molecule has 2 aromatic rings. The fourth-order valence-corrected chi connectivity index (χ4v) is 3.33. The lowest BCUT2D eigenvalue weighted by molar-refractivity contribution is -0.114. The van der Waals surface area contributed by atoms with Crippen molar-refractivity contribution < 1.29 is 4.79 Å². The number of amides is 1. The van der Waals surface area contributed by atoms with Crippen LogP contribution in [0.3, 0.4) is 0 Å². The predicted octanol–water partition coefficient (Wildman–Crippen LogP) is 4.17. The van der Waals surface area contributed by atoms with Gasteiger partial charge in [0.05, 0.1) is 5.69 Å². The number of aryl methyl sites for hydroxylation is 3. The zero-order valence-electron chi connectivity index (χ0n) is 12.0. The van der Waals surface area contributed by atoms with Gasteiger partial charge in [-0.05, 0) is 37.5 Å². The first-order chi connectivity index (χ1) is 9.43. The molecule has 1 amide bonds. The van der Waals surface area contributed by atoms with Gasteiger partial charge in [-0.25, -0.2) is 0 Å². The number of carbonyl (C=O) groups excluding carboxylic acids is 1. The number of hydrogen-bond donors (Lipinski definition) is 1. The summed E-state index contributed by atoms with van der Waals surface area (Å²) in [6.45, 7) is 7.62. The van der Waals surface area contributed by atoms with E-state index in [-0.39, 0.29) is 5.91 Å². The third-order valence-corrected chi connectivity index (χ3v) is 4.02. The molecule has 0 saturated carbocycles. The Labute approximate surface area is 122 Å². The molecule has 4 heteroatoms. The minimum atomic E-state index is -0.163. The van der Waals surface area contributed by atoms with Crippen LogP contribution in [0.2, 0.25) is 0 Å². The van der Waals surface area contributed by atoms with Crippen LogP contribution >= 0.6 is 11.3 Å². The molecule has 0 aliphatic rings. The lowest BCUT2D eigenvalue weighted by Gasteiger charge is -2.13. The fourth-order valence-electron chi connectivity index (χ4n) is 2.53. The van der Waals surface area contributed by atoms with E-state index >= 15 is 0 Å². The van der Waals surface area contributed by atoms with Crippen molar-refractivity contribution in [2.24, 2.45) is 0 Å². The van der Waals surface area contributed by atoms with E-state index in [0.29, 0.717) is 10.6 Å². The van der Waals surface area contributed by atoms with Crippen molar-refractivity contribution in [3.8, 4) is 17.2 Å². The third-order valence-electron chi connectivity index (χ3n) is 3.14. The van der Waals surface area contributed by atoms with Crippen LogP contribution in [0.4, 0.5) is 5.69 Å². The fraction of sp³-hybridized carbons (Fsp3) is 0.250. The number of nitrogens with zero attached hydrogens (tertiary/aromatic N) is 1. The van der Waals surface area contributed by atoms with Crippen LogP contribution in [-0.2, 0) is 4.79 Å². The largest absolute Gasteiger partial charge is 0.324 e. The third kappa shape index (κ3) is 2.59. The number of thiophene rings is 1. The van der Waals surface area contributed by atoms with Crippen LogP contribution in [-0.4, -0.2) is 5.91 Å². The molecule has 20 heavy (non-hydrogen) atoms. The second-order valence-corrected chi connectivity index (χ2v) is 5.80. The van der Waals surface area contributed by atoms with E-state index in [0.717, 1.165) is 22.3 Å². The number of anilines is 1. The molecule has 0 fully saturated rings. The van der Waals surface area contributed by atoms with Crippen LogP contribution < -0.4 is 5.32 Å². The number of hydrogen-bond acceptors (Lipinski definition) is 3. The van der Waals surface area contributed by atoms with Gasteiger partial charge in [0.2, 0.25) is 5.91 Å². The molecule has 3 nitrogen and oxygen atoms in total. The topological polar surface area (TPSA) is 52.9 Å². The average molecular weight is 284 g/mol. The zero-order valence-corrected chi connectivity index (χ0v) is 12.8. The lowest BCUT2D eigenvalue weighted by Crippen LogP contribution is -2.07. The Bertz CT molecular complexity index is 700. The van der Waals surface area contributed by atoms with Crippen LogP contribution in [0.5, 0.6) is 0 Å². The number of carbonyl (C=O) groups is 1. The zero-order chi connectivity index (χ0) is 14.9. The summed E-state index contributed by atoms with van der Waals surface area (Å²) in [7, 11) is 0. The standard InChI is InChI=1S/C16H16N2OS/c1-9-5-10(2)15(11(3)6-9)13-8-20-14(7-17)16(13)18-12(4)19/h5-6,8H,1-4H3,(H,18,19). The first-order valence-electron chi connectivity index (χ1n) is 6.31. The summed E-state index contributed by atoms with van der Waals surface area (Å²) in [5, 5.41) is 13.9. The number of nitriles is 1. The average Bonchev–Trinajstić information content (AvgIpc) is 2.70. The Hall–Kier alpha value is -2.12. The molecule has 1 aromatic carbocycles. The highest BCUT2D eigenvalue weighted by atomic mass is 32.1. The van der Waals surface area contributed by atoms with Crippen molar-refractivity contribution in [2.45, 2.75) is 27.7 Å². The molecular formula is C16H16N2OS. The maximum absolute atomic E-state index is 11.4.